The number of benzene rings is 1. The predicted octanol–water partition coefficient (Wildman–Crippen LogP) is 3.02. The highest BCUT2D eigenvalue weighted by Gasteiger charge is 2.23. The van der Waals surface area contributed by atoms with E-state index in [1.54, 1.807) is 37.7 Å². The average molecular weight is 347 g/mol. The van der Waals surface area contributed by atoms with Crippen LogP contribution in [0.5, 0.6) is 0 Å². The van der Waals surface area contributed by atoms with E-state index in [0.717, 1.165) is 4.90 Å². The Bertz CT molecular complexity index is 692. The monoisotopic (exact) mass is 346 g/mol. The molecular formula is C13H15ClN2O3S2. The van der Waals surface area contributed by atoms with Crippen molar-refractivity contribution in [1.29, 1.82) is 0 Å². The molecule has 0 aliphatic carbocycles. The summed E-state index contributed by atoms with van der Waals surface area (Å²) in [6.45, 7) is 3.50. The zero-order valence-electron chi connectivity index (χ0n) is 11.6. The molecule has 1 aromatic heterocycles. The molecule has 0 atom stereocenters. The van der Waals surface area contributed by atoms with Gasteiger partial charge in [-0.1, -0.05) is 16.8 Å². The van der Waals surface area contributed by atoms with Crippen LogP contribution in [-0.2, 0) is 10.0 Å². The first kappa shape index (κ1) is 16.4. The summed E-state index contributed by atoms with van der Waals surface area (Å²) in [6, 6.07) is 7.40. The van der Waals surface area contributed by atoms with Crippen LogP contribution in [0.2, 0.25) is 5.02 Å². The minimum atomic E-state index is -3.58. The van der Waals surface area contributed by atoms with Gasteiger partial charge in [0.25, 0.3) is 0 Å². The summed E-state index contributed by atoms with van der Waals surface area (Å²) < 4.78 is 31.7. The molecule has 0 unspecified atom stereocenters. The van der Waals surface area contributed by atoms with E-state index >= 15 is 0 Å². The second-order valence-corrected chi connectivity index (χ2v) is 7.66. The van der Waals surface area contributed by atoms with E-state index in [9.17, 15) is 8.42 Å². The Hall–Kier alpha value is -1.02. The number of hydrogen-bond acceptors (Lipinski definition) is 5. The molecule has 0 saturated carbocycles. The Balaban J connectivity index is 1.90. The summed E-state index contributed by atoms with van der Waals surface area (Å²) >= 11 is 7.35. The lowest BCUT2D eigenvalue weighted by atomic mass is 10.4. The normalized spacial score (nSPS) is 11.8. The van der Waals surface area contributed by atoms with Crippen LogP contribution in [0.3, 0.4) is 0 Å². The third-order valence-electron chi connectivity index (χ3n) is 2.71. The lowest BCUT2D eigenvalue weighted by molar-refractivity contribution is 0.390. The third kappa shape index (κ3) is 4.23. The van der Waals surface area contributed by atoms with Crippen molar-refractivity contribution in [1.82, 2.24) is 9.88 Å². The molecule has 2 rings (SSSR count). The minimum Gasteiger partial charge on any atom is -0.360 e. The fourth-order valence-electron chi connectivity index (χ4n) is 1.81. The molecule has 0 bridgehead atoms. The van der Waals surface area contributed by atoms with Gasteiger partial charge in [-0.15, -0.1) is 11.8 Å². The molecule has 0 aliphatic rings. The molecule has 0 aliphatic heterocycles. The molecule has 0 saturated heterocycles. The van der Waals surface area contributed by atoms with Gasteiger partial charge >= 0.3 is 0 Å². The lowest BCUT2D eigenvalue weighted by Crippen LogP contribution is -2.26. The fraction of sp³-hybridized carbons (Fsp3) is 0.308. The second kappa shape index (κ2) is 6.83. The molecule has 21 heavy (non-hydrogen) atoms. The van der Waals surface area contributed by atoms with Crippen molar-refractivity contribution < 1.29 is 12.9 Å². The van der Waals surface area contributed by atoms with Gasteiger partial charge in [-0.3, -0.25) is 0 Å². The molecular weight excluding hydrogens is 332 g/mol. The van der Waals surface area contributed by atoms with Gasteiger partial charge in [0.1, 0.15) is 10.6 Å². The van der Waals surface area contributed by atoms with Gasteiger partial charge < -0.3 is 4.52 Å². The topological polar surface area (TPSA) is 72.2 Å². The van der Waals surface area contributed by atoms with E-state index in [2.05, 4.69) is 9.88 Å². The Labute approximate surface area is 133 Å². The molecule has 1 N–H and O–H groups in total. The van der Waals surface area contributed by atoms with Crippen LogP contribution in [-0.4, -0.2) is 25.9 Å². The van der Waals surface area contributed by atoms with Crippen LogP contribution in [0.25, 0.3) is 0 Å². The average Bonchev–Trinajstić information content (AvgIpc) is 2.77. The molecule has 1 heterocycles. The number of nitrogens with zero attached hydrogens (tertiary/aromatic N) is 1. The Morgan fingerprint density at radius 2 is 1.95 bits per heavy atom. The van der Waals surface area contributed by atoms with E-state index < -0.39 is 10.0 Å². The number of sulfonamides is 1. The molecule has 5 nitrogen and oxygen atoms in total. The van der Waals surface area contributed by atoms with Crippen LogP contribution in [0.15, 0.2) is 38.6 Å². The number of thioether (sulfide) groups is 1. The summed E-state index contributed by atoms with van der Waals surface area (Å²) in [6.07, 6.45) is 0. The maximum Gasteiger partial charge on any atom is 0.245 e. The Morgan fingerprint density at radius 1 is 1.29 bits per heavy atom. The number of nitrogens with one attached hydrogen (secondary N) is 1. The maximum atomic E-state index is 12.2. The molecule has 0 amide bonds. The number of hydrogen-bond donors (Lipinski definition) is 1. The molecule has 0 radical (unpaired) electrons. The standard InChI is InChI=1S/C13H15ClN2O3S2/c1-9-13(10(2)19-16-9)21(17,18)15-7-8-20-12-5-3-11(14)4-6-12/h3-6,15H,7-8H2,1-2H3. The zero-order valence-corrected chi connectivity index (χ0v) is 14.0. The van der Waals surface area contributed by atoms with E-state index in [-0.39, 0.29) is 4.90 Å². The smallest absolute Gasteiger partial charge is 0.245 e. The van der Waals surface area contributed by atoms with Crippen molar-refractivity contribution >= 4 is 33.4 Å². The van der Waals surface area contributed by atoms with Crippen molar-refractivity contribution in [3.8, 4) is 0 Å². The van der Waals surface area contributed by atoms with E-state index in [4.69, 9.17) is 16.1 Å². The Kier molecular flexibility index (Phi) is 5.32. The quantitative estimate of drug-likeness (QED) is 0.643. The Morgan fingerprint density at radius 3 is 2.52 bits per heavy atom. The summed E-state index contributed by atoms with van der Waals surface area (Å²) in [5, 5.41) is 4.33. The maximum absolute atomic E-state index is 12.2. The number of aryl methyl sites for hydroxylation is 2. The van der Waals surface area contributed by atoms with Gasteiger partial charge in [0, 0.05) is 22.2 Å². The first-order chi connectivity index (χ1) is 9.90. The summed E-state index contributed by atoms with van der Waals surface area (Å²) in [7, 11) is -3.58. The van der Waals surface area contributed by atoms with Gasteiger partial charge in [0.2, 0.25) is 10.0 Å². The summed E-state index contributed by atoms with van der Waals surface area (Å²) in [5.41, 5.74) is 0.366. The van der Waals surface area contributed by atoms with Crippen LogP contribution in [0.1, 0.15) is 11.5 Å². The van der Waals surface area contributed by atoms with Crippen LogP contribution in [0.4, 0.5) is 0 Å². The SMILES string of the molecule is Cc1noc(C)c1S(=O)(=O)NCCSc1ccc(Cl)cc1. The largest absolute Gasteiger partial charge is 0.360 e. The van der Waals surface area contributed by atoms with Gasteiger partial charge in [-0.05, 0) is 38.1 Å². The first-order valence-electron chi connectivity index (χ1n) is 6.21. The number of aromatic nitrogens is 1. The molecule has 8 heteroatoms. The van der Waals surface area contributed by atoms with Crippen molar-refractivity contribution in [3.63, 3.8) is 0 Å². The zero-order chi connectivity index (χ0) is 15.5. The molecule has 1 aromatic carbocycles. The second-order valence-electron chi connectivity index (χ2n) is 4.35. The van der Waals surface area contributed by atoms with E-state index in [1.165, 1.54) is 0 Å². The van der Waals surface area contributed by atoms with Crippen molar-refractivity contribution in [2.24, 2.45) is 0 Å². The summed E-state index contributed by atoms with van der Waals surface area (Å²) in [4.78, 5) is 1.16. The van der Waals surface area contributed by atoms with Gasteiger partial charge in [0.15, 0.2) is 5.76 Å². The minimum absolute atomic E-state index is 0.124. The van der Waals surface area contributed by atoms with E-state index in [1.807, 2.05) is 12.1 Å². The number of halogens is 1. The molecule has 114 valence electrons. The first-order valence-corrected chi connectivity index (χ1v) is 9.06. The lowest BCUT2D eigenvalue weighted by Gasteiger charge is -2.06. The van der Waals surface area contributed by atoms with Gasteiger partial charge in [0.05, 0.1) is 0 Å². The van der Waals surface area contributed by atoms with Crippen molar-refractivity contribution in [3.05, 3.63) is 40.7 Å². The van der Waals surface area contributed by atoms with Crippen LogP contribution < -0.4 is 4.72 Å². The third-order valence-corrected chi connectivity index (χ3v) is 5.68. The molecule has 0 fully saturated rings. The van der Waals surface area contributed by atoms with Gasteiger partial charge in [-0.25, -0.2) is 13.1 Å². The van der Waals surface area contributed by atoms with Crippen molar-refractivity contribution in [2.45, 2.75) is 23.6 Å². The van der Waals surface area contributed by atoms with Crippen molar-refractivity contribution in [2.75, 3.05) is 12.3 Å². The highest BCUT2D eigenvalue weighted by atomic mass is 35.5. The molecule has 0 spiro atoms. The summed E-state index contributed by atoms with van der Waals surface area (Å²) in [5.74, 6) is 0.912. The highest BCUT2D eigenvalue weighted by Crippen LogP contribution is 2.21. The van der Waals surface area contributed by atoms with E-state index in [0.29, 0.717) is 28.8 Å². The van der Waals surface area contributed by atoms with Crippen LogP contribution in [0, 0.1) is 13.8 Å². The fourth-order valence-corrected chi connectivity index (χ4v) is 4.19. The molecule has 2 aromatic rings. The highest BCUT2D eigenvalue weighted by molar-refractivity contribution is 7.99. The van der Waals surface area contributed by atoms with Crippen LogP contribution >= 0.6 is 23.4 Å². The van der Waals surface area contributed by atoms with Gasteiger partial charge in [-0.2, -0.15) is 0 Å². The predicted molar refractivity (Wildman–Crippen MR) is 83.3 cm³/mol. The number of rotatable bonds is 6.